The smallest absolute Gasteiger partial charge is 0.251 e. The number of imide groups is 1. The molecule has 0 unspecified atom stereocenters. The molecule has 1 atom stereocenters. The van der Waals surface area contributed by atoms with Crippen LogP contribution < -0.4 is 5.32 Å². The van der Waals surface area contributed by atoms with E-state index in [1.54, 1.807) is 35.1 Å². The molecule has 0 radical (unpaired) electrons. The number of likely N-dealkylation sites (tertiary alicyclic amines) is 1. The topological polar surface area (TPSA) is 84.3 Å². The summed E-state index contributed by atoms with van der Waals surface area (Å²) in [6, 6.07) is 8.72. The first-order valence-electron chi connectivity index (χ1n) is 8.23. The zero-order valence-electron chi connectivity index (χ0n) is 14.0. The average molecular weight is 340 g/mol. The van der Waals surface area contributed by atoms with Crippen LogP contribution in [0.5, 0.6) is 0 Å². The van der Waals surface area contributed by atoms with E-state index in [1.807, 2.05) is 19.2 Å². The van der Waals surface area contributed by atoms with Crippen molar-refractivity contribution in [1.82, 2.24) is 20.0 Å². The lowest BCUT2D eigenvalue weighted by Crippen LogP contribution is -2.35. The summed E-state index contributed by atoms with van der Waals surface area (Å²) in [5.74, 6) is -0.446. The monoisotopic (exact) mass is 340 g/mol. The highest BCUT2D eigenvalue weighted by Gasteiger charge is 2.28. The minimum Gasteiger partial charge on any atom is -0.348 e. The number of hydrogen-bond donors (Lipinski definition) is 1. The van der Waals surface area contributed by atoms with E-state index in [2.05, 4.69) is 10.4 Å². The number of carbonyl (C=O) groups excluding carboxylic acids is 3. The number of aromatic nitrogens is 2. The van der Waals surface area contributed by atoms with Crippen molar-refractivity contribution in [2.24, 2.45) is 0 Å². The van der Waals surface area contributed by atoms with Gasteiger partial charge in [0.15, 0.2) is 0 Å². The molecule has 7 nitrogen and oxygen atoms in total. The maximum absolute atomic E-state index is 12.3. The maximum atomic E-state index is 12.3. The van der Waals surface area contributed by atoms with E-state index < -0.39 is 0 Å². The van der Waals surface area contributed by atoms with Crippen LogP contribution in [0.2, 0.25) is 0 Å². The molecule has 2 heterocycles. The Kier molecular flexibility index (Phi) is 4.92. The van der Waals surface area contributed by atoms with E-state index in [9.17, 15) is 14.4 Å². The summed E-state index contributed by atoms with van der Waals surface area (Å²) >= 11 is 0. The van der Waals surface area contributed by atoms with E-state index in [1.165, 1.54) is 4.90 Å². The van der Waals surface area contributed by atoms with E-state index in [-0.39, 0.29) is 43.1 Å². The van der Waals surface area contributed by atoms with Crippen LogP contribution in [-0.2, 0) is 22.7 Å². The van der Waals surface area contributed by atoms with Crippen LogP contribution in [0.15, 0.2) is 42.7 Å². The second-order valence-corrected chi connectivity index (χ2v) is 6.17. The fraction of sp³-hybridized carbons (Fsp3) is 0.333. The maximum Gasteiger partial charge on any atom is 0.251 e. The van der Waals surface area contributed by atoms with Crippen LogP contribution in [-0.4, -0.2) is 38.4 Å². The van der Waals surface area contributed by atoms with Gasteiger partial charge in [0.1, 0.15) is 0 Å². The van der Waals surface area contributed by atoms with Crippen LogP contribution in [0, 0.1) is 0 Å². The highest BCUT2D eigenvalue weighted by atomic mass is 16.2. The standard InChI is InChI=1S/C18H20N4O3/c1-13(11-21-10-2-9-19-21)20-18(25)15-5-3-14(4-6-15)12-22-16(23)7-8-17(22)24/h2-6,9-10,13H,7-8,11-12H2,1H3,(H,20,25)/t13-/m1/s1. The largest absolute Gasteiger partial charge is 0.348 e. The molecular formula is C18H20N4O3. The van der Waals surface area contributed by atoms with Crippen LogP contribution in [0.25, 0.3) is 0 Å². The molecule has 1 aliphatic rings. The van der Waals surface area contributed by atoms with Crippen molar-refractivity contribution in [3.63, 3.8) is 0 Å². The highest BCUT2D eigenvalue weighted by Crippen LogP contribution is 2.16. The van der Waals surface area contributed by atoms with E-state index in [0.29, 0.717) is 12.1 Å². The van der Waals surface area contributed by atoms with Crippen molar-refractivity contribution in [2.45, 2.75) is 38.9 Å². The molecule has 0 aliphatic carbocycles. The molecule has 1 aromatic carbocycles. The minimum absolute atomic E-state index is 0.0630. The Morgan fingerprint density at radius 2 is 1.88 bits per heavy atom. The molecule has 0 saturated carbocycles. The second-order valence-electron chi connectivity index (χ2n) is 6.17. The van der Waals surface area contributed by atoms with Gasteiger partial charge in [0, 0.05) is 36.8 Å². The van der Waals surface area contributed by atoms with Crippen molar-refractivity contribution in [1.29, 1.82) is 0 Å². The molecule has 1 fully saturated rings. The van der Waals surface area contributed by atoms with Crippen LogP contribution >= 0.6 is 0 Å². The summed E-state index contributed by atoms with van der Waals surface area (Å²) in [5.41, 5.74) is 1.36. The molecular weight excluding hydrogens is 320 g/mol. The first-order valence-corrected chi connectivity index (χ1v) is 8.23. The molecule has 2 aromatic rings. The van der Waals surface area contributed by atoms with Crippen molar-refractivity contribution < 1.29 is 14.4 Å². The Balaban J connectivity index is 1.57. The normalized spacial score (nSPS) is 15.5. The number of rotatable bonds is 6. The number of carbonyl (C=O) groups is 3. The van der Waals surface area contributed by atoms with Crippen molar-refractivity contribution >= 4 is 17.7 Å². The molecule has 1 saturated heterocycles. The molecule has 130 valence electrons. The van der Waals surface area contributed by atoms with Crippen LogP contribution in [0.4, 0.5) is 0 Å². The fourth-order valence-corrected chi connectivity index (χ4v) is 2.79. The van der Waals surface area contributed by atoms with Crippen molar-refractivity contribution in [2.75, 3.05) is 0 Å². The molecule has 25 heavy (non-hydrogen) atoms. The van der Waals surface area contributed by atoms with Gasteiger partial charge >= 0.3 is 0 Å². The summed E-state index contributed by atoms with van der Waals surface area (Å²) < 4.78 is 1.76. The zero-order valence-corrected chi connectivity index (χ0v) is 14.0. The quantitative estimate of drug-likeness (QED) is 0.805. The SMILES string of the molecule is C[C@H](Cn1cccn1)NC(=O)c1ccc(CN2C(=O)CCC2=O)cc1. The van der Waals surface area contributed by atoms with Gasteiger partial charge in [0.2, 0.25) is 11.8 Å². The predicted octanol–water partition coefficient (Wildman–Crippen LogP) is 1.35. The molecule has 1 N–H and O–H groups in total. The second kappa shape index (κ2) is 7.29. The third-order valence-electron chi connectivity index (χ3n) is 4.11. The van der Waals surface area contributed by atoms with Crippen molar-refractivity contribution in [3.8, 4) is 0 Å². The Bertz CT molecular complexity index is 752. The van der Waals surface area contributed by atoms with Crippen molar-refractivity contribution in [3.05, 3.63) is 53.9 Å². The molecule has 3 rings (SSSR count). The Morgan fingerprint density at radius 3 is 2.48 bits per heavy atom. The van der Waals surface area contributed by atoms with Gasteiger partial charge in [0.25, 0.3) is 5.91 Å². The first-order chi connectivity index (χ1) is 12.0. The fourth-order valence-electron chi connectivity index (χ4n) is 2.79. The summed E-state index contributed by atoms with van der Waals surface area (Å²) in [7, 11) is 0. The zero-order chi connectivity index (χ0) is 17.8. The first kappa shape index (κ1) is 16.9. The Hall–Kier alpha value is -2.96. The summed E-state index contributed by atoms with van der Waals surface area (Å²) in [6.45, 7) is 2.77. The molecule has 7 heteroatoms. The molecule has 0 bridgehead atoms. The van der Waals surface area contributed by atoms with Gasteiger partial charge in [-0.15, -0.1) is 0 Å². The number of nitrogens with zero attached hydrogens (tertiary/aromatic N) is 3. The van der Waals surface area contributed by atoms with E-state index >= 15 is 0 Å². The minimum atomic E-state index is -0.167. The van der Waals surface area contributed by atoms with Gasteiger partial charge in [0.05, 0.1) is 13.1 Å². The number of amides is 3. The Labute approximate surface area is 145 Å². The Morgan fingerprint density at radius 1 is 1.20 bits per heavy atom. The number of benzene rings is 1. The summed E-state index contributed by atoms with van der Waals surface area (Å²) in [4.78, 5) is 36.8. The average Bonchev–Trinajstić information content (AvgIpc) is 3.20. The molecule has 0 spiro atoms. The van der Waals surface area contributed by atoms with Gasteiger partial charge < -0.3 is 5.32 Å². The molecule has 3 amide bonds. The van der Waals surface area contributed by atoms with E-state index in [0.717, 1.165) is 5.56 Å². The van der Waals surface area contributed by atoms with Gasteiger partial charge in [-0.1, -0.05) is 12.1 Å². The number of nitrogens with one attached hydrogen (secondary N) is 1. The lowest BCUT2D eigenvalue weighted by Gasteiger charge is -2.15. The highest BCUT2D eigenvalue weighted by molar-refractivity contribution is 6.01. The number of hydrogen-bond acceptors (Lipinski definition) is 4. The van der Waals surface area contributed by atoms with Gasteiger partial charge in [-0.25, -0.2) is 0 Å². The summed E-state index contributed by atoms with van der Waals surface area (Å²) in [5, 5.41) is 7.04. The molecule has 1 aliphatic heterocycles. The third-order valence-corrected chi connectivity index (χ3v) is 4.11. The van der Waals surface area contributed by atoms with Gasteiger partial charge in [-0.05, 0) is 30.7 Å². The lowest BCUT2D eigenvalue weighted by atomic mass is 10.1. The third kappa shape index (κ3) is 4.12. The predicted molar refractivity (Wildman–Crippen MR) is 90.4 cm³/mol. The lowest BCUT2D eigenvalue weighted by molar-refractivity contribution is -0.139. The van der Waals surface area contributed by atoms with E-state index in [4.69, 9.17) is 0 Å². The van der Waals surface area contributed by atoms with Crippen LogP contribution in [0.1, 0.15) is 35.7 Å². The van der Waals surface area contributed by atoms with Crippen LogP contribution in [0.3, 0.4) is 0 Å². The van der Waals surface area contributed by atoms with Gasteiger partial charge in [-0.3, -0.25) is 24.0 Å². The van der Waals surface area contributed by atoms with Gasteiger partial charge in [-0.2, -0.15) is 5.10 Å². The molecule has 1 aromatic heterocycles. The summed E-state index contributed by atoms with van der Waals surface area (Å²) in [6.07, 6.45) is 4.11.